The lowest BCUT2D eigenvalue weighted by Gasteiger charge is -2.31. The van der Waals surface area contributed by atoms with Crippen molar-refractivity contribution in [1.82, 2.24) is 9.78 Å². The number of fused-ring (bicyclic) bond motifs is 1. The van der Waals surface area contributed by atoms with Gasteiger partial charge >= 0.3 is 0 Å². The van der Waals surface area contributed by atoms with Crippen LogP contribution >= 0.6 is 0 Å². The first-order chi connectivity index (χ1) is 14.4. The van der Waals surface area contributed by atoms with E-state index in [0.717, 1.165) is 18.4 Å². The number of benzene rings is 2. The van der Waals surface area contributed by atoms with Crippen LogP contribution in [-0.2, 0) is 23.5 Å². The minimum absolute atomic E-state index is 0.223. The summed E-state index contributed by atoms with van der Waals surface area (Å²) < 4.78 is 34.5. The number of hydrogen-bond acceptors (Lipinski definition) is 5. The van der Waals surface area contributed by atoms with Crippen molar-refractivity contribution in [2.24, 2.45) is 7.05 Å². The van der Waals surface area contributed by atoms with E-state index in [-0.39, 0.29) is 16.7 Å². The molecule has 0 aliphatic carbocycles. The number of anilines is 2. The van der Waals surface area contributed by atoms with Gasteiger partial charge in [-0.15, -0.1) is 5.10 Å². The van der Waals surface area contributed by atoms with Gasteiger partial charge in [-0.1, -0.05) is 24.3 Å². The predicted molar refractivity (Wildman–Crippen MR) is 113 cm³/mol. The van der Waals surface area contributed by atoms with Gasteiger partial charge in [-0.2, -0.15) is 0 Å². The Bertz CT molecular complexity index is 1190. The van der Waals surface area contributed by atoms with Crippen LogP contribution in [0.15, 0.2) is 59.6 Å². The average Bonchev–Trinajstić information content (AvgIpc) is 3.15. The van der Waals surface area contributed by atoms with Gasteiger partial charge in [0.1, 0.15) is 5.56 Å². The van der Waals surface area contributed by atoms with E-state index >= 15 is 0 Å². The van der Waals surface area contributed by atoms with Crippen molar-refractivity contribution < 1.29 is 17.9 Å². The van der Waals surface area contributed by atoms with Crippen molar-refractivity contribution in [1.29, 1.82) is 0 Å². The Kier molecular flexibility index (Phi) is 5.21. The second-order valence-electron chi connectivity index (χ2n) is 7.02. The molecule has 3 aromatic rings. The maximum Gasteiger partial charge on any atom is 0.264 e. The van der Waals surface area contributed by atoms with E-state index in [4.69, 9.17) is 4.74 Å². The molecule has 0 radical (unpaired) electrons. The van der Waals surface area contributed by atoms with E-state index in [9.17, 15) is 13.2 Å². The fraction of sp³-hybridized carbons (Fsp3) is 0.238. The molecule has 0 unspecified atom stereocenters. The highest BCUT2D eigenvalue weighted by atomic mass is 32.2. The van der Waals surface area contributed by atoms with Gasteiger partial charge in [0.2, 0.25) is 5.88 Å². The molecule has 1 aliphatic rings. The molecule has 0 bridgehead atoms. The highest BCUT2D eigenvalue weighted by Crippen LogP contribution is 2.34. The number of sulfonamides is 1. The first-order valence-corrected chi connectivity index (χ1v) is 10.9. The fourth-order valence-corrected chi connectivity index (χ4v) is 5.12. The topological polar surface area (TPSA) is 93.5 Å². The van der Waals surface area contributed by atoms with Crippen molar-refractivity contribution in [3.63, 3.8) is 0 Å². The van der Waals surface area contributed by atoms with Crippen molar-refractivity contribution >= 4 is 27.3 Å². The molecule has 1 aromatic heterocycles. The Hall–Kier alpha value is -3.33. The first-order valence-electron chi connectivity index (χ1n) is 9.50. The summed E-state index contributed by atoms with van der Waals surface area (Å²) in [5, 5.41) is 6.90. The Balaban J connectivity index is 1.67. The van der Waals surface area contributed by atoms with Gasteiger partial charge in [-0.05, 0) is 42.7 Å². The predicted octanol–water partition coefficient (Wildman–Crippen LogP) is 2.82. The number of aromatic nitrogens is 2. The third-order valence-corrected chi connectivity index (χ3v) is 6.81. The summed E-state index contributed by atoms with van der Waals surface area (Å²) in [6.07, 6.45) is 3.08. The molecule has 1 amide bonds. The zero-order valence-corrected chi connectivity index (χ0v) is 17.5. The SMILES string of the molecule is COc1nn(C)cc1C(=O)Nc1ccc2c(c1)N(S(=O)(=O)c1ccccc1)CCC2. The highest BCUT2D eigenvalue weighted by Gasteiger charge is 2.29. The Labute approximate surface area is 175 Å². The number of methoxy groups -OCH3 is 1. The minimum atomic E-state index is -3.69. The minimum Gasteiger partial charge on any atom is -0.479 e. The number of hydrogen-bond donors (Lipinski definition) is 1. The Morgan fingerprint density at radius 1 is 1.17 bits per heavy atom. The van der Waals surface area contributed by atoms with Gasteiger partial charge in [-0.3, -0.25) is 13.8 Å². The van der Waals surface area contributed by atoms with Gasteiger partial charge in [0.25, 0.3) is 15.9 Å². The maximum absolute atomic E-state index is 13.2. The molecule has 0 spiro atoms. The third kappa shape index (κ3) is 3.63. The van der Waals surface area contributed by atoms with Crippen LogP contribution < -0.4 is 14.4 Å². The second kappa shape index (κ2) is 7.83. The van der Waals surface area contributed by atoms with E-state index in [2.05, 4.69) is 10.4 Å². The number of ether oxygens (including phenoxy) is 1. The zero-order chi connectivity index (χ0) is 21.3. The molecular formula is C21H22N4O4S. The summed E-state index contributed by atoms with van der Waals surface area (Å²) in [6.45, 7) is 0.387. The van der Waals surface area contributed by atoms with Gasteiger partial charge in [0, 0.05) is 25.5 Å². The highest BCUT2D eigenvalue weighted by molar-refractivity contribution is 7.92. The monoisotopic (exact) mass is 426 g/mol. The number of aryl methyl sites for hydroxylation is 2. The second-order valence-corrected chi connectivity index (χ2v) is 8.88. The quantitative estimate of drug-likeness (QED) is 0.677. The standard InChI is InChI=1S/C21H22N4O4S/c1-24-14-18(21(23-24)29-2)20(26)22-16-11-10-15-7-6-12-25(19(15)13-16)30(27,28)17-8-4-3-5-9-17/h3-5,8-11,13-14H,6-7,12H2,1-2H3,(H,22,26). The summed E-state index contributed by atoms with van der Waals surface area (Å²) in [4.78, 5) is 12.9. The molecule has 1 N–H and O–H groups in total. The fourth-order valence-electron chi connectivity index (χ4n) is 3.56. The third-order valence-electron chi connectivity index (χ3n) is 4.98. The van der Waals surface area contributed by atoms with Crippen LogP contribution in [0.25, 0.3) is 0 Å². The van der Waals surface area contributed by atoms with E-state index < -0.39 is 10.0 Å². The molecule has 9 heteroatoms. The number of amides is 1. The van der Waals surface area contributed by atoms with Crippen LogP contribution in [-0.4, -0.2) is 37.8 Å². The van der Waals surface area contributed by atoms with Crippen LogP contribution in [0.1, 0.15) is 22.3 Å². The van der Waals surface area contributed by atoms with Crippen LogP contribution in [0.2, 0.25) is 0 Å². The summed E-state index contributed by atoms with van der Waals surface area (Å²) in [5.41, 5.74) is 2.31. The largest absolute Gasteiger partial charge is 0.479 e. The van der Waals surface area contributed by atoms with E-state index in [1.54, 1.807) is 55.7 Å². The maximum atomic E-state index is 13.2. The van der Waals surface area contributed by atoms with Crippen LogP contribution in [0.3, 0.4) is 0 Å². The van der Waals surface area contributed by atoms with Gasteiger partial charge in [0.05, 0.1) is 17.7 Å². The number of carbonyl (C=O) groups excluding carboxylic acids is 1. The molecule has 0 saturated heterocycles. The summed E-state index contributed by atoms with van der Waals surface area (Å²) in [6, 6.07) is 13.7. The summed E-state index contributed by atoms with van der Waals surface area (Å²) in [7, 11) is -0.545. The van der Waals surface area contributed by atoms with Crippen molar-refractivity contribution in [2.45, 2.75) is 17.7 Å². The molecule has 156 valence electrons. The molecule has 30 heavy (non-hydrogen) atoms. The molecule has 8 nitrogen and oxygen atoms in total. The van der Waals surface area contributed by atoms with Crippen LogP contribution in [0.5, 0.6) is 5.88 Å². The molecule has 0 fully saturated rings. The summed E-state index contributed by atoms with van der Waals surface area (Å²) in [5.74, 6) is -0.158. The number of nitrogens with one attached hydrogen (secondary N) is 1. The van der Waals surface area contributed by atoms with Crippen molar-refractivity contribution in [3.8, 4) is 5.88 Å². The number of rotatable bonds is 5. The van der Waals surface area contributed by atoms with Gasteiger partial charge in [0.15, 0.2) is 0 Å². The zero-order valence-electron chi connectivity index (χ0n) is 16.7. The lowest BCUT2D eigenvalue weighted by atomic mass is 10.0. The van der Waals surface area contributed by atoms with Crippen LogP contribution in [0.4, 0.5) is 11.4 Å². The van der Waals surface area contributed by atoms with Crippen molar-refractivity contribution in [3.05, 3.63) is 65.9 Å². The van der Waals surface area contributed by atoms with Gasteiger partial charge < -0.3 is 10.1 Å². The molecule has 1 aliphatic heterocycles. The lowest BCUT2D eigenvalue weighted by Crippen LogP contribution is -2.35. The number of carbonyl (C=O) groups is 1. The lowest BCUT2D eigenvalue weighted by molar-refractivity contribution is 0.102. The number of nitrogens with zero attached hydrogens (tertiary/aromatic N) is 3. The summed E-state index contributed by atoms with van der Waals surface area (Å²) >= 11 is 0. The average molecular weight is 426 g/mol. The van der Waals surface area contributed by atoms with E-state index in [1.165, 1.54) is 16.1 Å². The van der Waals surface area contributed by atoms with E-state index in [1.807, 2.05) is 6.07 Å². The first kappa shape index (κ1) is 20.0. The molecule has 2 heterocycles. The van der Waals surface area contributed by atoms with Gasteiger partial charge in [-0.25, -0.2) is 8.42 Å². The molecule has 4 rings (SSSR count). The van der Waals surface area contributed by atoms with Crippen LogP contribution in [0, 0.1) is 0 Å². The molecular weight excluding hydrogens is 404 g/mol. The smallest absolute Gasteiger partial charge is 0.264 e. The molecule has 2 aromatic carbocycles. The molecule has 0 saturated carbocycles. The normalized spacial score (nSPS) is 13.6. The van der Waals surface area contributed by atoms with Crippen molar-refractivity contribution in [2.75, 3.05) is 23.3 Å². The Morgan fingerprint density at radius 3 is 2.67 bits per heavy atom. The Morgan fingerprint density at radius 2 is 1.93 bits per heavy atom. The molecule has 0 atom stereocenters. The van der Waals surface area contributed by atoms with E-state index in [0.29, 0.717) is 23.5 Å².